The van der Waals surface area contributed by atoms with Gasteiger partial charge in [0.1, 0.15) is 0 Å². The first-order chi connectivity index (χ1) is 32.6. The van der Waals surface area contributed by atoms with E-state index in [9.17, 15) is 0 Å². The number of aromatic nitrogens is 2. The standard InChI is InChI=1S/C62H46N4/c1-43-21-29-51(30-22-43)65-59-19-11-9-17-55(59)57-41-53(37-39-61(57)65)63(47-13-5-3-6-14-47)49-33-25-45(26-34-49)46-27-35-50(36-28-46)64(48-15-7-4-8-16-48)54-38-40-62-58(42-54)56-18-10-12-20-60(56)66(62)52-31-23-44(2)24-32-52/h3-42H,1-2H3. The van der Waals surface area contributed by atoms with Crippen LogP contribution in [0.3, 0.4) is 0 Å². The minimum atomic E-state index is 1.09. The summed E-state index contributed by atoms with van der Waals surface area (Å²) >= 11 is 0. The first-order valence-corrected chi connectivity index (χ1v) is 22.7. The molecule has 0 aliphatic rings. The van der Waals surface area contributed by atoms with E-state index in [1.807, 2.05) is 0 Å². The summed E-state index contributed by atoms with van der Waals surface area (Å²) in [5, 5.41) is 4.91. The van der Waals surface area contributed by atoms with Crippen LogP contribution >= 0.6 is 0 Å². The summed E-state index contributed by atoms with van der Waals surface area (Å²) in [4.78, 5) is 4.72. The molecular weight excluding hydrogens is 801 g/mol. The van der Waals surface area contributed by atoms with Crippen molar-refractivity contribution in [2.24, 2.45) is 0 Å². The summed E-state index contributed by atoms with van der Waals surface area (Å²) in [6.45, 7) is 4.27. The van der Waals surface area contributed by atoms with Gasteiger partial charge in [-0.2, -0.15) is 0 Å². The van der Waals surface area contributed by atoms with E-state index in [0.29, 0.717) is 0 Å². The molecule has 2 aromatic heterocycles. The number of para-hydroxylation sites is 4. The molecule has 4 nitrogen and oxygen atoms in total. The molecule has 0 saturated carbocycles. The molecule has 0 amide bonds. The molecule has 10 aromatic carbocycles. The highest BCUT2D eigenvalue weighted by Gasteiger charge is 2.20. The second-order valence-corrected chi connectivity index (χ2v) is 17.2. The average molecular weight is 847 g/mol. The van der Waals surface area contributed by atoms with Crippen molar-refractivity contribution in [1.29, 1.82) is 0 Å². The Hall–Kier alpha value is -8.60. The number of nitrogens with zero attached hydrogens (tertiary/aromatic N) is 4. The molecule has 0 aliphatic heterocycles. The highest BCUT2D eigenvalue weighted by Crippen LogP contribution is 2.42. The number of fused-ring (bicyclic) bond motifs is 6. The quantitative estimate of drug-likeness (QED) is 0.144. The molecule has 0 spiro atoms. The molecular formula is C62H46N4. The summed E-state index contributed by atoms with van der Waals surface area (Å²) in [5.74, 6) is 0. The van der Waals surface area contributed by atoms with Crippen LogP contribution in [0.25, 0.3) is 66.1 Å². The van der Waals surface area contributed by atoms with Gasteiger partial charge in [-0.15, -0.1) is 0 Å². The van der Waals surface area contributed by atoms with Crippen molar-refractivity contribution in [3.63, 3.8) is 0 Å². The molecule has 0 fully saturated rings. The van der Waals surface area contributed by atoms with Crippen molar-refractivity contribution in [3.05, 3.63) is 254 Å². The first-order valence-electron chi connectivity index (χ1n) is 22.7. The smallest absolute Gasteiger partial charge is 0.0542 e. The number of aryl methyl sites for hydroxylation is 2. The van der Waals surface area contributed by atoms with E-state index in [0.717, 1.165) is 56.6 Å². The van der Waals surface area contributed by atoms with Crippen molar-refractivity contribution >= 4 is 77.7 Å². The lowest BCUT2D eigenvalue weighted by Gasteiger charge is -2.26. The van der Waals surface area contributed by atoms with Crippen molar-refractivity contribution in [2.45, 2.75) is 13.8 Å². The molecule has 0 unspecified atom stereocenters. The van der Waals surface area contributed by atoms with Gasteiger partial charge in [0.15, 0.2) is 0 Å². The SMILES string of the molecule is Cc1ccc(-n2c3ccccc3c3cc(N(c4ccccc4)c4ccc(-c5ccc(N(c6ccccc6)c6ccc7c(c6)c6ccccc6n7-c6ccc(C)cc6)cc5)cc4)ccc32)cc1. The van der Waals surface area contributed by atoms with Gasteiger partial charge in [0.2, 0.25) is 0 Å². The van der Waals surface area contributed by atoms with Gasteiger partial charge in [0.25, 0.3) is 0 Å². The maximum Gasteiger partial charge on any atom is 0.0542 e. The molecule has 0 N–H and O–H groups in total. The Balaban J connectivity index is 0.898. The number of hydrogen-bond donors (Lipinski definition) is 0. The third-order valence-electron chi connectivity index (χ3n) is 13.0. The second-order valence-electron chi connectivity index (χ2n) is 17.2. The predicted molar refractivity (Wildman–Crippen MR) is 279 cm³/mol. The third-order valence-corrected chi connectivity index (χ3v) is 13.0. The van der Waals surface area contributed by atoms with E-state index in [2.05, 4.69) is 275 Å². The number of rotatable bonds is 9. The highest BCUT2D eigenvalue weighted by molar-refractivity contribution is 6.12. The molecule has 0 atom stereocenters. The van der Waals surface area contributed by atoms with Gasteiger partial charge in [0.05, 0.1) is 22.1 Å². The fraction of sp³-hybridized carbons (Fsp3) is 0.0323. The molecule has 0 radical (unpaired) electrons. The zero-order valence-electron chi connectivity index (χ0n) is 36.9. The van der Waals surface area contributed by atoms with Crippen molar-refractivity contribution < 1.29 is 0 Å². The minimum Gasteiger partial charge on any atom is -0.310 e. The largest absolute Gasteiger partial charge is 0.310 e. The Labute approximate surface area is 385 Å². The maximum absolute atomic E-state index is 2.38. The fourth-order valence-electron chi connectivity index (χ4n) is 9.80. The van der Waals surface area contributed by atoms with Crippen molar-refractivity contribution in [3.8, 4) is 22.5 Å². The zero-order valence-corrected chi connectivity index (χ0v) is 36.9. The normalized spacial score (nSPS) is 11.5. The molecule has 12 rings (SSSR count). The van der Waals surface area contributed by atoms with Crippen LogP contribution in [-0.4, -0.2) is 9.13 Å². The Bertz CT molecular complexity index is 3430. The van der Waals surface area contributed by atoms with Gasteiger partial charge in [-0.25, -0.2) is 0 Å². The Kier molecular flexibility index (Phi) is 9.57. The lowest BCUT2D eigenvalue weighted by molar-refractivity contribution is 1.17. The topological polar surface area (TPSA) is 16.3 Å². The summed E-state index contributed by atoms with van der Waals surface area (Å²) in [5.41, 5.74) is 18.5. The lowest BCUT2D eigenvalue weighted by atomic mass is 10.0. The molecule has 0 aliphatic carbocycles. The van der Waals surface area contributed by atoms with Crippen LogP contribution in [0.15, 0.2) is 243 Å². The molecule has 2 heterocycles. The lowest BCUT2D eigenvalue weighted by Crippen LogP contribution is -2.10. The van der Waals surface area contributed by atoms with E-state index in [1.54, 1.807) is 0 Å². The maximum atomic E-state index is 2.38. The van der Waals surface area contributed by atoms with Gasteiger partial charge >= 0.3 is 0 Å². The fourth-order valence-corrected chi connectivity index (χ4v) is 9.80. The molecule has 0 bridgehead atoms. The molecule has 0 saturated heterocycles. The molecule has 66 heavy (non-hydrogen) atoms. The van der Waals surface area contributed by atoms with E-state index < -0.39 is 0 Å². The Morgan fingerprint density at radius 2 is 0.576 bits per heavy atom. The van der Waals surface area contributed by atoms with Crippen molar-refractivity contribution in [1.82, 2.24) is 9.13 Å². The Morgan fingerprint density at radius 1 is 0.258 bits per heavy atom. The van der Waals surface area contributed by atoms with E-state index in [1.165, 1.54) is 54.7 Å². The van der Waals surface area contributed by atoms with E-state index in [-0.39, 0.29) is 0 Å². The van der Waals surface area contributed by atoms with Gasteiger partial charge in [0, 0.05) is 67.0 Å². The van der Waals surface area contributed by atoms with Crippen LogP contribution in [-0.2, 0) is 0 Å². The molecule has 4 heteroatoms. The van der Waals surface area contributed by atoms with Crippen LogP contribution < -0.4 is 9.80 Å². The summed E-state index contributed by atoms with van der Waals surface area (Å²) in [7, 11) is 0. The van der Waals surface area contributed by atoms with Crippen LogP contribution in [0.2, 0.25) is 0 Å². The van der Waals surface area contributed by atoms with E-state index >= 15 is 0 Å². The van der Waals surface area contributed by atoms with Crippen LogP contribution in [0, 0.1) is 13.8 Å². The number of anilines is 6. The molecule has 314 valence electrons. The van der Waals surface area contributed by atoms with Crippen LogP contribution in [0.1, 0.15) is 11.1 Å². The van der Waals surface area contributed by atoms with Gasteiger partial charge < -0.3 is 18.9 Å². The monoisotopic (exact) mass is 846 g/mol. The third kappa shape index (κ3) is 6.79. The Morgan fingerprint density at radius 3 is 0.970 bits per heavy atom. The minimum absolute atomic E-state index is 1.09. The number of benzene rings is 10. The molecule has 12 aromatic rings. The predicted octanol–water partition coefficient (Wildman–Crippen LogP) is 17.1. The second kappa shape index (κ2) is 16.2. The van der Waals surface area contributed by atoms with Gasteiger partial charge in [-0.05, 0) is 146 Å². The highest BCUT2D eigenvalue weighted by atomic mass is 15.1. The zero-order chi connectivity index (χ0) is 44.1. The van der Waals surface area contributed by atoms with Crippen LogP contribution in [0.4, 0.5) is 34.1 Å². The van der Waals surface area contributed by atoms with Crippen LogP contribution in [0.5, 0.6) is 0 Å². The van der Waals surface area contributed by atoms with E-state index in [4.69, 9.17) is 0 Å². The van der Waals surface area contributed by atoms with Gasteiger partial charge in [-0.3, -0.25) is 0 Å². The average Bonchev–Trinajstić information content (AvgIpc) is 3.88. The summed E-state index contributed by atoms with van der Waals surface area (Å²) in [6, 6.07) is 88.1. The summed E-state index contributed by atoms with van der Waals surface area (Å²) in [6.07, 6.45) is 0. The summed E-state index contributed by atoms with van der Waals surface area (Å²) < 4.78 is 4.76. The number of hydrogen-bond acceptors (Lipinski definition) is 2. The first kappa shape index (κ1) is 39.0. The van der Waals surface area contributed by atoms with Gasteiger partial charge in [-0.1, -0.05) is 132 Å². The van der Waals surface area contributed by atoms with Crippen molar-refractivity contribution in [2.75, 3.05) is 9.80 Å².